The molecule has 1 fully saturated rings. The van der Waals surface area contributed by atoms with Crippen LogP contribution in [0.4, 0.5) is 0 Å². The zero-order chi connectivity index (χ0) is 16.9. The van der Waals surface area contributed by atoms with Crippen molar-refractivity contribution in [2.75, 3.05) is 20.3 Å². The first kappa shape index (κ1) is 16.2. The van der Waals surface area contributed by atoms with Crippen LogP contribution in [0.25, 0.3) is 0 Å². The van der Waals surface area contributed by atoms with E-state index in [9.17, 15) is 9.59 Å². The molecule has 3 rings (SSSR count). The molecular weight excluding hydrogens is 312 g/mol. The number of carbonyl (C=O) groups is 2. The molecule has 0 saturated carbocycles. The van der Waals surface area contributed by atoms with E-state index in [-0.39, 0.29) is 24.7 Å². The summed E-state index contributed by atoms with van der Waals surface area (Å²) in [5.74, 6) is -0.813. The molecule has 7 nitrogen and oxygen atoms in total. The van der Waals surface area contributed by atoms with Gasteiger partial charge in [-0.25, -0.2) is 14.6 Å². The van der Waals surface area contributed by atoms with Crippen LogP contribution in [0.15, 0.2) is 42.9 Å². The van der Waals surface area contributed by atoms with Gasteiger partial charge in [0.2, 0.25) is 0 Å². The molecule has 7 heteroatoms. The smallest absolute Gasteiger partial charge is 0.356 e. The summed E-state index contributed by atoms with van der Waals surface area (Å²) in [4.78, 5) is 27.6. The standard InChI is InChI=1S/C17H18N2O5/c1-22-17(21)15-8-18-11-19(15)13-7-14(23-9-13)10-24-16(20)12-5-3-2-4-6-12/h2-6,8,11,13-14H,7,9-10H2,1H3/t13-,14-/m0/s1. The number of esters is 2. The summed E-state index contributed by atoms with van der Waals surface area (Å²) < 4.78 is 17.4. The Hall–Kier alpha value is -2.67. The third-order valence-corrected chi connectivity index (χ3v) is 3.92. The van der Waals surface area contributed by atoms with Crippen LogP contribution in [0.1, 0.15) is 33.3 Å². The van der Waals surface area contributed by atoms with Crippen LogP contribution in [0.2, 0.25) is 0 Å². The highest BCUT2D eigenvalue weighted by molar-refractivity contribution is 5.89. The minimum atomic E-state index is -0.438. The van der Waals surface area contributed by atoms with Gasteiger partial charge in [0.25, 0.3) is 0 Å². The summed E-state index contributed by atoms with van der Waals surface area (Å²) in [6.07, 6.45) is 3.46. The fourth-order valence-corrected chi connectivity index (χ4v) is 2.68. The average molecular weight is 330 g/mol. The fraction of sp³-hybridized carbons (Fsp3) is 0.353. The van der Waals surface area contributed by atoms with Gasteiger partial charge in [-0.3, -0.25) is 0 Å². The Morgan fingerprint density at radius 3 is 2.83 bits per heavy atom. The fourth-order valence-electron chi connectivity index (χ4n) is 2.68. The molecule has 2 heterocycles. The van der Waals surface area contributed by atoms with Gasteiger partial charge in [-0.15, -0.1) is 0 Å². The van der Waals surface area contributed by atoms with Crippen LogP contribution in [-0.4, -0.2) is 47.9 Å². The topological polar surface area (TPSA) is 79.7 Å². The van der Waals surface area contributed by atoms with E-state index in [1.54, 1.807) is 35.2 Å². The highest BCUT2D eigenvalue weighted by Crippen LogP contribution is 2.26. The van der Waals surface area contributed by atoms with E-state index in [0.717, 1.165) is 0 Å². The second kappa shape index (κ2) is 7.27. The van der Waals surface area contributed by atoms with Gasteiger partial charge in [-0.1, -0.05) is 18.2 Å². The van der Waals surface area contributed by atoms with Crippen molar-refractivity contribution in [1.29, 1.82) is 0 Å². The Morgan fingerprint density at radius 2 is 2.08 bits per heavy atom. The van der Waals surface area contributed by atoms with E-state index in [1.165, 1.54) is 13.3 Å². The van der Waals surface area contributed by atoms with E-state index in [1.807, 2.05) is 6.07 Å². The number of methoxy groups -OCH3 is 1. The SMILES string of the molecule is COC(=O)c1cncn1[C@@H]1CO[C@H](COC(=O)c2ccccc2)C1. The molecule has 1 aromatic heterocycles. The molecule has 126 valence electrons. The second-order valence-corrected chi connectivity index (χ2v) is 5.49. The molecule has 0 aliphatic carbocycles. The summed E-state index contributed by atoms with van der Waals surface area (Å²) in [5, 5.41) is 0. The van der Waals surface area contributed by atoms with Crippen LogP contribution < -0.4 is 0 Å². The van der Waals surface area contributed by atoms with Crippen LogP contribution >= 0.6 is 0 Å². The maximum absolute atomic E-state index is 11.9. The van der Waals surface area contributed by atoms with Gasteiger partial charge in [-0.2, -0.15) is 0 Å². The molecule has 2 aromatic rings. The number of benzene rings is 1. The maximum Gasteiger partial charge on any atom is 0.356 e. The minimum Gasteiger partial charge on any atom is -0.464 e. The Kier molecular flexibility index (Phi) is 4.90. The van der Waals surface area contributed by atoms with Crippen LogP contribution in [0.5, 0.6) is 0 Å². The predicted molar refractivity (Wildman–Crippen MR) is 83.7 cm³/mol. The van der Waals surface area contributed by atoms with Gasteiger partial charge in [0.15, 0.2) is 0 Å². The highest BCUT2D eigenvalue weighted by atomic mass is 16.6. The van der Waals surface area contributed by atoms with Crippen LogP contribution in [0, 0.1) is 0 Å². The van der Waals surface area contributed by atoms with Gasteiger partial charge in [0, 0.05) is 0 Å². The second-order valence-electron chi connectivity index (χ2n) is 5.49. The zero-order valence-corrected chi connectivity index (χ0v) is 13.3. The number of hydrogen-bond acceptors (Lipinski definition) is 6. The Balaban J connectivity index is 1.56. The van der Waals surface area contributed by atoms with Crippen molar-refractivity contribution in [3.8, 4) is 0 Å². The van der Waals surface area contributed by atoms with Crippen molar-refractivity contribution in [3.63, 3.8) is 0 Å². The molecule has 0 spiro atoms. The van der Waals surface area contributed by atoms with Crippen molar-refractivity contribution in [3.05, 3.63) is 54.1 Å². The van der Waals surface area contributed by atoms with E-state index in [4.69, 9.17) is 14.2 Å². The first-order valence-electron chi connectivity index (χ1n) is 7.63. The lowest BCUT2D eigenvalue weighted by Crippen LogP contribution is -2.19. The highest BCUT2D eigenvalue weighted by Gasteiger charge is 2.30. The average Bonchev–Trinajstić information content (AvgIpc) is 3.28. The first-order valence-corrected chi connectivity index (χ1v) is 7.63. The van der Waals surface area contributed by atoms with E-state index in [0.29, 0.717) is 24.3 Å². The summed E-state index contributed by atoms with van der Waals surface area (Å²) in [5.41, 5.74) is 0.891. The largest absolute Gasteiger partial charge is 0.464 e. The Labute approximate surface area is 139 Å². The van der Waals surface area contributed by atoms with E-state index >= 15 is 0 Å². The quantitative estimate of drug-likeness (QED) is 0.779. The van der Waals surface area contributed by atoms with Crippen molar-refractivity contribution in [2.45, 2.75) is 18.6 Å². The molecule has 1 aliphatic rings. The molecule has 0 amide bonds. The summed E-state index contributed by atoms with van der Waals surface area (Å²) in [7, 11) is 1.33. The summed E-state index contributed by atoms with van der Waals surface area (Å²) >= 11 is 0. The molecule has 24 heavy (non-hydrogen) atoms. The number of nitrogens with zero attached hydrogens (tertiary/aromatic N) is 2. The zero-order valence-electron chi connectivity index (χ0n) is 13.3. The van der Waals surface area contributed by atoms with Crippen molar-refractivity contribution >= 4 is 11.9 Å². The summed E-state index contributed by atoms with van der Waals surface area (Å²) in [6.45, 7) is 0.598. The number of rotatable bonds is 5. The number of imidazole rings is 1. The Morgan fingerprint density at radius 1 is 1.29 bits per heavy atom. The summed E-state index contributed by atoms with van der Waals surface area (Å²) in [6, 6.07) is 8.77. The lowest BCUT2D eigenvalue weighted by molar-refractivity contribution is 0.0157. The number of ether oxygens (including phenoxy) is 3. The number of aromatic nitrogens is 2. The third-order valence-electron chi connectivity index (χ3n) is 3.92. The van der Waals surface area contributed by atoms with E-state index in [2.05, 4.69) is 4.98 Å². The van der Waals surface area contributed by atoms with Crippen molar-refractivity contribution < 1.29 is 23.8 Å². The predicted octanol–water partition coefficient (Wildman–Crippen LogP) is 1.86. The monoisotopic (exact) mass is 330 g/mol. The molecule has 0 radical (unpaired) electrons. The normalized spacial score (nSPS) is 19.9. The molecular formula is C17H18N2O5. The van der Waals surface area contributed by atoms with Crippen molar-refractivity contribution in [1.82, 2.24) is 9.55 Å². The molecule has 1 aliphatic heterocycles. The van der Waals surface area contributed by atoms with Gasteiger partial charge >= 0.3 is 11.9 Å². The molecule has 1 aromatic carbocycles. The van der Waals surface area contributed by atoms with Crippen LogP contribution in [-0.2, 0) is 14.2 Å². The molecule has 0 bridgehead atoms. The van der Waals surface area contributed by atoms with Gasteiger partial charge < -0.3 is 18.8 Å². The van der Waals surface area contributed by atoms with E-state index < -0.39 is 5.97 Å². The van der Waals surface area contributed by atoms with Crippen LogP contribution in [0.3, 0.4) is 0 Å². The van der Waals surface area contributed by atoms with Crippen molar-refractivity contribution in [2.24, 2.45) is 0 Å². The van der Waals surface area contributed by atoms with Gasteiger partial charge in [0.1, 0.15) is 12.3 Å². The molecule has 0 unspecified atom stereocenters. The molecule has 1 saturated heterocycles. The molecule has 0 N–H and O–H groups in total. The van der Waals surface area contributed by atoms with Gasteiger partial charge in [-0.05, 0) is 18.6 Å². The maximum atomic E-state index is 11.9. The lowest BCUT2D eigenvalue weighted by Gasteiger charge is -2.13. The molecule has 2 atom stereocenters. The van der Waals surface area contributed by atoms with Gasteiger partial charge in [0.05, 0.1) is 44.0 Å². The number of hydrogen-bond donors (Lipinski definition) is 0. The third kappa shape index (κ3) is 3.46. The number of carbonyl (C=O) groups excluding carboxylic acids is 2. The minimum absolute atomic E-state index is 0.0398. The Bertz CT molecular complexity index is 713. The lowest BCUT2D eigenvalue weighted by atomic mass is 10.2. The first-order chi connectivity index (χ1) is 11.7.